The predicted molar refractivity (Wildman–Crippen MR) is 53.8 cm³/mol. The molecule has 0 saturated heterocycles. The molecule has 71 valence electrons. The standard InChI is InChI=1S/C11H8ClO2/c12-11-9-3-1-7(6-13)5-8(9)2-4-10(11)14/h1-4,8,11H,5H2. The molecule has 3 heteroatoms. The molecule has 0 aromatic carbocycles. The van der Waals surface area contributed by atoms with Gasteiger partial charge in [-0.2, -0.15) is 0 Å². The topological polar surface area (TPSA) is 34.1 Å². The average molecular weight is 208 g/mol. The molecule has 2 unspecified atom stereocenters. The van der Waals surface area contributed by atoms with Gasteiger partial charge in [0.05, 0.1) is 0 Å². The van der Waals surface area contributed by atoms with Crippen LogP contribution in [0.3, 0.4) is 0 Å². The predicted octanol–water partition coefficient (Wildman–Crippen LogP) is 1.72. The molecule has 0 aliphatic heterocycles. The van der Waals surface area contributed by atoms with Crippen LogP contribution >= 0.6 is 11.6 Å². The molecule has 0 bridgehead atoms. The average Bonchev–Trinajstić information content (AvgIpc) is 2.23. The van der Waals surface area contributed by atoms with Gasteiger partial charge in [-0.05, 0) is 18.1 Å². The van der Waals surface area contributed by atoms with Crippen molar-refractivity contribution in [1.82, 2.24) is 0 Å². The lowest BCUT2D eigenvalue weighted by atomic mass is 9.81. The normalized spacial score (nSPS) is 30.5. The molecule has 0 N–H and O–H groups in total. The zero-order valence-electron chi connectivity index (χ0n) is 7.37. The zero-order chi connectivity index (χ0) is 10.1. The lowest BCUT2D eigenvalue weighted by Crippen LogP contribution is -2.26. The van der Waals surface area contributed by atoms with Gasteiger partial charge in [0.2, 0.25) is 6.29 Å². The van der Waals surface area contributed by atoms with Crippen molar-refractivity contribution in [3.8, 4) is 0 Å². The van der Waals surface area contributed by atoms with Gasteiger partial charge in [0.25, 0.3) is 0 Å². The number of hydrogen-bond acceptors (Lipinski definition) is 2. The summed E-state index contributed by atoms with van der Waals surface area (Å²) in [5, 5.41) is -0.561. The van der Waals surface area contributed by atoms with Crippen LogP contribution in [0, 0.1) is 5.92 Å². The van der Waals surface area contributed by atoms with Crippen molar-refractivity contribution in [1.29, 1.82) is 0 Å². The Balaban J connectivity index is 2.36. The number of halogens is 1. The Kier molecular flexibility index (Phi) is 2.38. The Bertz CT molecular complexity index is 377. The van der Waals surface area contributed by atoms with E-state index >= 15 is 0 Å². The molecule has 0 amide bonds. The van der Waals surface area contributed by atoms with Crippen molar-refractivity contribution >= 4 is 23.7 Å². The first-order valence-electron chi connectivity index (χ1n) is 4.37. The van der Waals surface area contributed by atoms with Crippen molar-refractivity contribution < 1.29 is 9.59 Å². The maximum absolute atomic E-state index is 11.2. The Labute approximate surface area is 86.9 Å². The van der Waals surface area contributed by atoms with Crippen molar-refractivity contribution in [2.45, 2.75) is 11.8 Å². The van der Waals surface area contributed by atoms with E-state index in [0.29, 0.717) is 12.0 Å². The molecule has 0 heterocycles. The highest BCUT2D eigenvalue weighted by Gasteiger charge is 2.29. The molecule has 0 aromatic heterocycles. The maximum atomic E-state index is 11.2. The Hall–Kier alpha value is -1.15. The number of ketones is 1. The number of carbonyl (C=O) groups excluding carboxylic acids is 2. The summed E-state index contributed by atoms with van der Waals surface area (Å²) in [7, 11) is 0. The van der Waals surface area contributed by atoms with Crippen LogP contribution in [0.25, 0.3) is 0 Å². The number of alkyl halides is 1. The fourth-order valence-corrected chi connectivity index (χ4v) is 2.04. The first-order valence-corrected chi connectivity index (χ1v) is 4.81. The minimum Gasteiger partial charge on any atom is -0.293 e. The fourth-order valence-electron chi connectivity index (χ4n) is 1.73. The molecule has 2 rings (SSSR count). The summed E-state index contributed by atoms with van der Waals surface area (Å²) in [6, 6.07) is 0. The van der Waals surface area contributed by atoms with Gasteiger partial charge in [0, 0.05) is 11.5 Å². The second kappa shape index (κ2) is 3.54. The molecule has 0 spiro atoms. The molecule has 0 aromatic rings. The lowest BCUT2D eigenvalue weighted by Gasteiger charge is -2.26. The summed E-state index contributed by atoms with van der Waals surface area (Å²) in [5.41, 5.74) is 1.51. The molecular weight excluding hydrogens is 200 g/mol. The van der Waals surface area contributed by atoms with Gasteiger partial charge in [-0.3, -0.25) is 9.59 Å². The molecule has 0 fully saturated rings. The molecule has 2 aliphatic rings. The first-order chi connectivity index (χ1) is 6.72. The van der Waals surface area contributed by atoms with Gasteiger partial charge < -0.3 is 0 Å². The molecule has 2 atom stereocenters. The third-order valence-corrected chi connectivity index (χ3v) is 2.98. The third-order valence-electron chi connectivity index (χ3n) is 2.51. The monoisotopic (exact) mass is 207 g/mol. The Morgan fingerprint density at radius 1 is 1.43 bits per heavy atom. The quantitative estimate of drug-likeness (QED) is 0.614. The smallest absolute Gasteiger partial charge is 0.229 e. The van der Waals surface area contributed by atoms with E-state index in [1.54, 1.807) is 18.2 Å². The summed E-state index contributed by atoms with van der Waals surface area (Å²) in [6.07, 6.45) is 9.20. The molecule has 2 aliphatic carbocycles. The van der Waals surface area contributed by atoms with Gasteiger partial charge in [0.1, 0.15) is 5.38 Å². The molecule has 2 nitrogen and oxygen atoms in total. The van der Waals surface area contributed by atoms with E-state index in [0.717, 1.165) is 5.57 Å². The van der Waals surface area contributed by atoms with Crippen molar-refractivity contribution in [2.24, 2.45) is 5.92 Å². The van der Waals surface area contributed by atoms with E-state index in [4.69, 9.17) is 11.6 Å². The van der Waals surface area contributed by atoms with E-state index in [1.807, 2.05) is 6.29 Å². The summed E-state index contributed by atoms with van der Waals surface area (Å²) >= 11 is 5.93. The van der Waals surface area contributed by atoms with E-state index in [2.05, 4.69) is 0 Å². The van der Waals surface area contributed by atoms with Crippen LogP contribution in [0.1, 0.15) is 6.42 Å². The van der Waals surface area contributed by atoms with E-state index < -0.39 is 5.38 Å². The molecule has 1 radical (unpaired) electrons. The number of rotatable bonds is 1. The SMILES string of the molecule is O=[C]C1=CC=C2C(C=CC(=O)C2Cl)C1. The van der Waals surface area contributed by atoms with Crippen LogP contribution in [0.2, 0.25) is 0 Å². The molecule has 0 saturated carbocycles. The summed E-state index contributed by atoms with van der Waals surface area (Å²) in [5.74, 6) is 0.0118. The molecule has 14 heavy (non-hydrogen) atoms. The number of fused-ring (bicyclic) bond motifs is 1. The third kappa shape index (κ3) is 1.46. The van der Waals surface area contributed by atoms with Gasteiger partial charge in [-0.15, -0.1) is 11.6 Å². The second-order valence-corrected chi connectivity index (χ2v) is 3.83. The first kappa shape index (κ1) is 9.41. The van der Waals surface area contributed by atoms with Crippen molar-refractivity contribution in [3.63, 3.8) is 0 Å². The minimum atomic E-state index is -0.561. The van der Waals surface area contributed by atoms with Crippen LogP contribution in [0.4, 0.5) is 0 Å². The fraction of sp³-hybridized carbons (Fsp3) is 0.273. The Morgan fingerprint density at radius 2 is 2.21 bits per heavy atom. The van der Waals surface area contributed by atoms with Crippen molar-refractivity contribution in [2.75, 3.05) is 0 Å². The van der Waals surface area contributed by atoms with Crippen LogP contribution in [-0.4, -0.2) is 17.4 Å². The van der Waals surface area contributed by atoms with E-state index in [-0.39, 0.29) is 11.7 Å². The van der Waals surface area contributed by atoms with E-state index in [1.165, 1.54) is 6.08 Å². The zero-order valence-corrected chi connectivity index (χ0v) is 8.12. The summed E-state index contributed by atoms with van der Waals surface area (Å²) in [6.45, 7) is 0. The van der Waals surface area contributed by atoms with Gasteiger partial charge >= 0.3 is 0 Å². The maximum Gasteiger partial charge on any atom is 0.229 e. The van der Waals surface area contributed by atoms with E-state index in [9.17, 15) is 9.59 Å². The second-order valence-electron chi connectivity index (χ2n) is 3.40. The lowest BCUT2D eigenvalue weighted by molar-refractivity contribution is -0.114. The highest BCUT2D eigenvalue weighted by molar-refractivity contribution is 6.35. The summed E-state index contributed by atoms with van der Waals surface area (Å²) < 4.78 is 0. The number of allylic oxidation sites excluding steroid dienone is 6. The van der Waals surface area contributed by atoms with Crippen molar-refractivity contribution in [3.05, 3.63) is 35.5 Å². The van der Waals surface area contributed by atoms with Crippen LogP contribution in [-0.2, 0) is 9.59 Å². The summed E-state index contributed by atoms with van der Waals surface area (Å²) in [4.78, 5) is 21.7. The minimum absolute atomic E-state index is 0.0823. The van der Waals surface area contributed by atoms with Crippen LogP contribution in [0.15, 0.2) is 35.5 Å². The Morgan fingerprint density at radius 3 is 2.93 bits per heavy atom. The largest absolute Gasteiger partial charge is 0.293 e. The van der Waals surface area contributed by atoms with Gasteiger partial charge in [-0.25, -0.2) is 0 Å². The number of carbonyl (C=O) groups is 1. The van der Waals surface area contributed by atoms with Gasteiger partial charge in [0.15, 0.2) is 5.78 Å². The molecular formula is C11H8ClO2. The van der Waals surface area contributed by atoms with Gasteiger partial charge in [-0.1, -0.05) is 18.2 Å². The van der Waals surface area contributed by atoms with Crippen LogP contribution in [0.5, 0.6) is 0 Å². The number of hydrogen-bond donors (Lipinski definition) is 0. The van der Waals surface area contributed by atoms with Crippen LogP contribution < -0.4 is 0 Å². The highest BCUT2D eigenvalue weighted by Crippen LogP contribution is 2.33. The highest BCUT2D eigenvalue weighted by atomic mass is 35.5.